The molecule has 2 aromatic heterocycles. The van der Waals surface area contributed by atoms with Gasteiger partial charge >= 0.3 is 0 Å². The van der Waals surface area contributed by atoms with Gasteiger partial charge in [-0.2, -0.15) is 4.98 Å². The van der Waals surface area contributed by atoms with Gasteiger partial charge in [0.05, 0.1) is 10.7 Å². The second-order valence-corrected chi connectivity index (χ2v) is 7.14. The molecule has 0 unspecified atom stereocenters. The van der Waals surface area contributed by atoms with Gasteiger partial charge in [0.15, 0.2) is 0 Å². The number of aromatic nitrogens is 4. The van der Waals surface area contributed by atoms with Crippen molar-refractivity contribution in [3.8, 4) is 0 Å². The van der Waals surface area contributed by atoms with E-state index in [2.05, 4.69) is 20.4 Å². The van der Waals surface area contributed by atoms with Gasteiger partial charge in [0.2, 0.25) is 11.1 Å². The third kappa shape index (κ3) is 4.05. The maximum atomic E-state index is 12.3. The summed E-state index contributed by atoms with van der Waals surface area (Å²) in [6, 6.07) is 4.95. The van der Waals surface area contributed by atoms with Crippen LogP contribution >= 0.6 is 11.8 Å². The Hall–Kier alpha value is -3.01. The molecule has 0 aliphatic rings. The molecule has 1 amide bonds. The number of carbonyl (C=O) groups excluding carboxylic acids is 1. The van der Waals surface area contributed by atoms with Gasteiger partial charge in [-0.15, -0.1) is 5.10 Å². The second kappa shape index (κ2) is 7.31. The van der Waals surface area contributed by atoms with Crippen molar-refractivity contribution < 1.29 is 9.72 Å². The number of nitrogens with one attached hydrogen (secondary N) is 1. The van der Waals surface area contributed by atoms with E-state index in [4.69, 9.17) is 0 Å². The minimum atomic E-state index is -0.504. The lowest BCUT2D eigenvalue weighted by Gasteiger charge is -2.08. The predicted octanol–water partition coefficient (Wildman–Crippen LogP) is 3.00. The number of nitro groups is 1. The number of benzene rings is 1. The molecule has 0 aliphatic carbocycles. The summed E-state index contributed by atoms with van der Waals surface area (Å²) >= 11 is 1.14. The highest BCUT2D eigenvalue weighted by molar-refractivity contribution is 7.99. The summed E-state index contributed by atoms with van der Waals surface area (Å²) in [6.45, 7) is 7.40. The van der Waals surface area contributed by atoms with Gasteiger partial charge in [-0.25, -0.2) is 9.50 Å². The van der Waals surface area contributed by atoms with Crippen molar-refractivity contribution in [2.24, 2.45) is 0 Å². The zero-order valence-electron chi connectivity index (χ0n) is 15.3. The highest BCUT2D eigenvalue weighted by atomic mass is 32.2. The van der Waals surface area contributed by atoms with Gasteiger partial charge in [-0.3, -0.25) is 14.9 Å². The minimum Gasteiger partial charge on any atom is -0.320 e. The van der Waals surface area contributed by atoms with Crippen molar-refractivity contribution in [3.05, 3.63) is 50.8 Å². The minimum absolute atomic E-state index is 0.0268. The van der Waals surface area contributed by atoms with Crippen LogP contribution in [0, 0.1) is 37.8 Å². The average Bonchev–Trinajstić information content (AvgIpc) is 2.99. The molecular weight excluding hydrogens is 368 g/mol. The summed E-state index contributed by atoms with van der Waals surface area (Å²) < 4.78 is 1.61. The van der Waals surface area contributed by atoms with Crippen LogP contribution in [0.2, 0.25) is 0 Å². The summed E-state index contributed by atoms with van der Waals surface area (Å²) in [5.41, 5.74) is 3.45. The maximum absolute atomic E-state index is 12.3. The third-order valence-electron chi connectivity index (χ3n) is 4.01. The number of nitrogens with zero attached hydrogens (tertiary/aromatic N) is 5. The molecule has 1 aromatic carbocycles. The smallest absolute Gasteiger partial charge is 0.293 e. The first-order chi connectivity index (χ1) is 12.7. The number of fused-ring (bicyclic) bond motifs is 1. The van der Waals surface area contributed by atoms with Crippen LogP contribution in [-0.4, -0.2) is 36.2 Å². The van der Waals surface area contributed by atoms with E-state index in [0.29, 0.717) is 10.9 Å². The molecule has 3 aromatic rings. The Kier molecular flexibility index (Phi) is 5.08. The van der Waals surface area contributed by atoms with Crippen molar-refractivity contribution in [2.45, 2.75) is 32.9 Å². The van der Waals surface area contributed by atoms with Gasteiger partial charge in [0.25, 0.3) is 11.5 Å². The molecule has 0 atom stereocenters. The summed E-state index contributed by atoms with van der Waals surface area (Å²) in [6.07, 6.45) is 0. The summed E-state index contributed by atoms with van der Waals surface area (Å²) in [5, 5.41) is 18.6. The number of rotatable bonds is 5. The van der Waals surface area contributed by atoms with E-state index in [1.807, 2.05) is 26.8 Å². The molecule has 0 spiro atoms. The summed E-state index contributed by atoms with van der Waals surface area (Å²) in [5.74, 6) is 0.130. The zero-order chi connectivity index (χ0) is 19.7. The third-order valence-corrected chi connectivity index (χ3v) is 4.85. The van der Waals surface area contributed by atoms with E-state index in [-0.39, 0.29) is 23.0 Å². The number of nitro benzene ring substituents is 1. The number of anilines is 1. The number of hydrogen-bond acceptors (Lipinski definition) is 7. The molecule has 0 bridgehead atoms. The lowest BCUT2D eigenvalue weighted by Crippen LogP contribution is -2.15. The first-order valence-electron chi connectivity index (χ1n) is 8.14. The Balaban J connectivity index is 1.73. The maximum Gasteiger partial charge on any atom is 0.293 e. The van der Waals surface area contributed by atoms with Crippen molar-refractivity contribution in [2.75, 3.05) is 11.1 Å². The van der Waals surface area contributed by atoms with Crippen molar-refractivity contribution >= 4 is 34.8 Å². The Morgan fingerprint density at radius 1 is 1.19 bits per heavy atom. The lowest BCUT2D eigenvalue weighted by molar-refractivity contribution is -0.384. The molecule has 9 nitrogen and oxygen atoms in total. The van der Waals surface area contributed by atoms with E-state index in [9.17, 15) is 14.9 Å². The fraction of sp³-hybridized carbons (Fsp3) is 0.294. The van der Waals surface area contributed by atoms with Crippen LogP contribution in [-0.2, 0) is 4.79 Å². The van der Waals surface area contributed by atoms with Crippen molar-refractivity contribution in [1.29, 1.82) is 0 Å². The van der Waals surface area contributed by atoms with E-state index < -0.39 is 4.92 Å². The van der Waals surface area contributed by atoms with E-state index in [1.165, 1.54) is 6.07 Å². The fourth-order valence-electron chi connectivity index (χ4n) is 2.58. The second-order valence-electron chi connectivity index (χ2n) is 6.19. The molecule has 10 heteroatoms. The zero-order valence-corrected chi connectivity index (χ0v) is 16.1. The molecule has 140 valence electrons. The first-order valence-corrected chi connectivity index (χ1v) is 9.12. The molecule has 3 rings (SSSR count). The van der Waals surface area contributed by atoms with Crippen LogP contribution in [0.15, 0.2) is 23.4 Å². The molecule has 0 aliphatic heterocycles. The van der Waals surface area contributed by atoms with Crippen LogP contribution < -0.4 is 5.32 Å². The molecule has 1 N–H and O–H groups in total. The summed E-state index contributed by atoms with van der Waals surface area (Å²) in [7, 11) is 0. The van der Waals surface area contributed by atoms with Crippen molar-refractivity contribution in [1.82, 2.24) is 19.6 Å². The summed E-state index contributed by atoms with van der Waals surface area (Å²) in [4.78, 5) is 31.6. The Bertz CT molecular complexity index is 1060. The Morgan fingerprint density at radius 3 is 2.59 bits per heavy atom. The average molecular weight is 386 g/mol. The normalized spacial score (nSPS) is 11.0. The topological polar surface area (TPSA) is 115 Å². The van der Waals surface area contributed by atoms with Crippen LogP contribution in [0.1, 0.15) is 22.5 Å². The van der Waals surface area contributed by atoms with Crippen LogP contribution in [0.25, 0.3) is 5.78 Å². The highest BCUT2D eigenvalue weighted by Gasteiger charge is 2.18. The number of carbonyl (C=O) groups is 1. The van der Waals surface area contributed by atoms with E-state index >= 15 is 0 Å². The molecule has 0 saturated carbocycles. The molecule has 0 saturated heterocycles. The molecule has 27 heavy (non-hydrogen) atoms. The quantitative estimate of drug-likeness (QED) is 0.407. The van der Waals surface area contributed by atoms with Gasteiger partial charge in [-0.05, 0) is 51.0 Å². The fourth-order valence-corrected chi connectivity index (χ4v) is 3.20. The predicted molar refractivity (Wildman–Crippen MR) is 102 cm³/mol. The van der Waals surface area contributed by atoms with Crippen LogP contribution in [0.4, 0.5) is 11.4 Å². The van der Waals surface area contributed by atoms with Crippen molar-refractivity contribution in [3.63, 3.8) is 0 Å². The van der Waals surface area contributed by atoms with Crippen LogP contribution in [0.3, 0.4) is 0 Å². The molecule has 0 fully saturated rings. The first kappa shape index (κ1) is 18.8. The molecular formula is C17H18N6O3S. The van der Waals surface area contributed by atoms with Gasteiger partial charge in [0.1, 0.15) is 5.69 Å². The van der Waals surface area contributed by atoms with Gasteiger partial charge < -0.3 is 5.32 Å². The Labute approximate surface area is 159 Å². The molecule has 0 radical (unpaired) electrons. The number of thioether (sulfide) groups is 1. The number of amides is 1. The molecule has 2 heterocycles. The number of hydrogen-bond donors (Lipinski definition) is 1. The van der Waals surface area contributed by atoms with E-state index in [1.54, 1.807) is 17.5 Å². The number of aryl methyl sites for hydroxylation is 4. The van der Waals surface area contributed by atoms with Gasteiger partial charge in [-0.1, -0.05) is 11.8 Å². The monoisotopic (exact) mass is 386 g/mol. The standard InChI is InChI=1S/C17H18N6O3S/c1-9-5-13(14(23(25)26)6-10(9)2)19-15(24)8-27-17-20-16-18-11(3)7-12(4)22(16)21-17/h5-7H,8H2,1-4H3,(H,19,24). The lowest BCUT2D eigenvalue weighted by atomic mass is 10.1. The SMILES string of the molecule is Cc1cc(C)n2nc(SCC(=O)Nc3cc(C)c(C)cc3[N+](=O)[O-])nc2n1. The highest BCUT2D eigenvalue weighted by Crippen LogP contribution is 2.28. The largest absolute Gasteiger partial charge is 0.320 e. The van der Waals surface area contributed by atoms with E-state index in [0.717, 1.165) is 34.3 Å². The van der Waals surface area contributed by atoms with Gasteiger partial charge in [0, 0.05) is 17.5 Å². The Morgan fingerprint density at radius 2 is 1.89 bits per heavy atom. The van der Waals surface area contributed by atoms with Crippen LogP contribution in [0.5, 0.6) is 0 Å².